The SMILES string of the molecule is CC1(N)CN(C(=O)c2ccnc3ccccc23)C1. The van der Waals surface area contributed by atoms with Crippen molar-refractivity contribution in [2.45, 2.75) is 12.5 Å². The highest BCUT2D eigenvalue weighted by molar-refractivity contribution is 6.06. The number of pyridine rings is 1. The molecule has 2 N–H and O–H groups in total. The van der Waals surface area contributed by atoms with Crippen LogP contribution in [0.1, 0.15) is 17.3 Å². The van der Waals surface area contributed by atoms with E-state index in [1.54, 1.807) is 17.2 Å². The molecule has 1 aliphatic heterocycles. The Balaban J connectivity index is 1.98. The number of carbonyl (C=O) groups is 1. The summed E-state index contributed by atoms with van der Waals surface area (Å²) in [6, 6.07) is 9.46. The molecule has 2 heterocycles. The average Bonchev–Trinajstić information content (AvgIpc) is 2.34. The Morgan fingerprint density at radius 1 is 1.33 bits per heavy atom. The molecule has 0 bridgehead atoms. The molecule has 1 aliphatic rings. The Labute approximate surface area is 105 Å². The Kier molecular flexibility index (Phi) is 2.35. The van der Waals surface area contributed by atoms with Crippen LogP contribution >= 0.6 is 0 Å². The van der Waals surface area contributed by atoms with Crippen LogP contribution in [0.15, 0.2) is 36.5 Å². The van der Waals surface area contributed by atoms with Crippen LogP contribution in [0, 0.1) is 0 Å². The van der Waals surface area contributed by atoms with E-state index in [4.69, 9.17) is 5.73 Å². The van der Waals surface area contributed by atoms with Crippen LogP contribution in [0.2, 0.25) is 0 Å². The zero-order valence-electron chi connectivity index (χ0n) is 10.3. The van der Waals surface area contributed by atoms with E-state index >= 15 is 0 Å². The smallest absolute Gasteiger partial charge is 0.254 e. The molecule has 18 heavy (non-hydrogen) atoms. The topological polar surface area (TPSA) is 59.2 Å². The van der Waals surface area contributed by atoms with Gasteiger partial charge in [-0.25, -0.2) is 0 Å². The number of fused-ring (bicyclic) bond motifs is 1. The van der Waals surface area contributed by atoms with Crippen molar-refractivity contribution < 1.29 is 4.79 Å². The molecule has 0 spiro atoms. The number of benzene rings is 1. The van der Waals surface area contributed by atoms with E-state index in [9.17, 15) is 4.79 Å². The van der Waals surface area contributed by atoms with E-state index in [-0.39, 0.29) is 11.4 Å². The van der Waals surface area contributed by atoms with Gasteiger partial charge in [0.15, 0.2) is 0 Å². The highest BCUT2D eigenvalue weighted by atomic mass is 16.2. The summed E-state index contributed by atoms with van der Waals surface area (Å²) >= 11 is 0. The van der Waals surface area contributed by atoms with E-state index in [2.05, 4.69) is 4.98 Å². The van der Waals surface area contributed by atoms with Crippen molar-refractivity contribution in [1.82, 2.24) is 9.88 Å². The number of amides is 1. The van der Waals surface area contributed by atoms with Crippen molar-refractivity contribution >= 4 is 16.8 Å². The molecule has 2 aromatic rings. The fourth-order valence-electron chi connectivity index (χ4n) is 2.42. The van der Waals surface area contributed by atoms with Gasteiger partial charge in [0.25, 0.3) is 5.91 Å². The molecule has 3 rings (SSSR count). The van der Waals surface area contributed by atoms with Gasteiger partial charge in [0.1, 0.15) is 0 Å². The van der Waals surface area contributed by atoms with Crippen molar-refractivity contribution in [3.8, 4) is 0 Å². The molecule has 1 saturated heterocycles. The molecule has 0 unspecified atom stereocenters. The Bertz CT molecular complexity index is 608. The second-order valence-corrected chi connectivity index (χ2v) is 5.19. The number of carbonyl (C=O) groups excluding carboxylic acids is 1. The van der Waals surface area contributed by atoms with Crippen molar-refractivity contribution in [3.63, 3.8) is 0 Å². The minimum absolute atomic E-state index is 0.0384. The molecule has 1 amide bonds. The van der Waals surface area contributed by atoms with Crippen molar-refractivity contribution in [2.75, 3.05) is 13.1 Å². The van der Waals surface area contributed by atoms with Gasteiger partial charge in [-0.15, -0.1) is 0 Å². The molecule has 4 heteroatoms. The maximum absolute atomic E-state index is 12.4. The third-order valence-electron chi connectivity index (χ3n) is 3.27. The molecule has 0 aliphatic carbocycles. The van der Waals surface area contributed by atoms with Crippen LogP contribution in [0.25, 0.3) is 10.9 Å². The monoisotopic (exact) mass is 241 g/mol. The van der Waals surface area contributed by atoms with Crippen LogP contribution < -0.4 is 5.73 Å². The molecular formula is C14H15N3O. The predicted molar refractivity (Wildman–Crippen MR) is 70.2 cm³/mol. The number of rotatable bonds is 1. The quantitative estimate of drug-likeness (QED) is 0.821. The lowest BCUT2D eigenvalue weighted by atomic mass is 9.92. The number of hydrogen-bond acceptors (Lipinski definition) is 3. The summed E-state index contributed by atoms with van der Waals surface area (Å²) in [5.41, 5.74) is 7.25. The maximum atomic E-state index is 12.4. The van der Waals surface area contributed by atoms with Crippen molar-refractivity contribution in [2.24, 2.45) is 5.73 Å². The van der Waals surface area contributed by atoms with Crippen LogP contribution in [0.3, 0.4) is 0 Å². The van der Waals surface area contributed by atoms with Gasteiger partial charge in [0, 0.05) is 30.2 Å². The van der Waals surface area contributed by atoms with Gasteiger partial charge in [0.2, 0.25) is 0 Å². The van der Waals surface area contributed by atoms with Crippen LogP contribution in [0.5, 0.6) is 0 Å². The Morgan fingerprint density at radius 2 is 2.06 bits per heavy atom. The molecule has 4 nitrogen and oxygen atoms in total. The normalized spacial score (nSPS) is 17.6. The largest absolute Gasteiger partial charge is 0.335 e. The lowest BCUT2D eigenvalue weighted by molar-refractivity contribution is 0.0455. The molecule has 1 aromatic carbocycles. The number of likely N-dealkylation sites (tertiary alicyclic amines) is 1. The summed E-state index contributed by atoms with van der Waals surface area (Å²) in [7, 11) is 0. The van der Waals surface area contributed by atoms with Gasteiger partial charge >= 0.3 is 0 Å². The average molecular weight is 241 g/mol. The summed E-state index contributed by atoms with van der Waals surface area (Å²) in [5, 5.41) is 0.899. The standard InChI is InChI=1S/C14H15N3O/c1-14(15)8-17(9-14)13(18)11-6-7-16-12-5-3-2-4-10(11)12/h2-7H,8-9,15H2,1H3. The summed E-state index contributed by atoms with van der Waals surface area (Å²) in [4.78, 5) is 18.4. The third kappa shape index (κ3) is 1.75. The Morgan fingerprint density at radius 3 is 2.78 bits per heavy atom. The van der Waals surface area contributed by atoms with E-state index in [1.165, 1.54) is 0 Å². The number of aromatic nitrogens is 1. The molecule has 0 radical (unpaired) electrons. The second-order valence-electron chi connectivity index (χ2n) is 5.19. The van der Waals surface area contributed by atoms with Crippen molar-refractivity contribution in [3.05, 3.63) is 42.1 Å². The highest BCUT2D eigenvalue weighted by Gasteiger charge is 2.38. The number of nitrogens with zero attached hydrogens (tertiary/aromatic N) is 2. The fourth-order valence-corrected chi connectivity index (χ4v) is 2.42. The van der Waals surface area contributed by atoms with E-state index < -0.39 is 0 Å². The van der Waals surface area contributed by atoms with Crippen molar-refractivity contribution in [1.29, 1.82) is 0 Å². The minimum atomic E-state index is -0.238. The van der Waals surface area contributed by atoms with Crippen LogP contribution in [-0.4, -0.2) is 34.4 Å². The van der Waals surface area contributed by atoms with Gasteiger partial charge in [-0.1, -0.05) is 18.2 Å². The van der Waals surface area contributed by atoms with Gasteiger partial charge in [-0.2, -0.15) is 0 Å². The predicted octanol–water partition coefficient (Wildman–Crippen LogP) is 1.41. The first kappa shape index (κ1) is 11.2. The lowest BCUT2D eigenvalue weighted by Crippen LogP contribution is -2.66. The zero-order valence-corrected chi connectivity index (χ0v) is 10.3. The summed E-state index contributed by atoms with van der Waals surface area (Å²) in [6.07, 6.45) is 1.68. The zero-order chi connectivity index (χ0) is 12.8. The van der Waals surface area contributed by atoms with Crippen LogP contribution in [-0.2, 0) is 0 Å². The summed E-state index contributed by atoms with van der Waals surface area (Å²) in [6.45, 7) is 3.19. The highest BCUT2D eigenvalue weighted by Crippen LogP contribution is 2.23. The van der Waals surface area contributed by atoms with E-state index in [0.717, 1.165) is 10.9 Å². The van der Waals surface area contributed by atoms with Crippen LogP contribution in [0.4, 0.5) is 0 Å². The van der Waals surface area contributed by atoms with Gasteiger partial charge in [0.05, 0.1) is 11.1 Å². The van der Waals surface area contributed by atoms with Gasteiger partial charge in [-0.05, 0) is 19.1 Å². The lowest BCUT2D eigenvalue weighted by Gasteiger charge is -2.45. The molecule has 0 saturated carbocycles. The first-order chi connectivity index (χ1) is 8.57. The molecular weight excluding hydrogens is 226 g/mol. The summed E-state index contributed by atoms with van der Waals surface area (Å²) < 4.78 is 0. The second kappa shape index (κ2) is 3.78. The minimum Gasteiger partial charge on any atom is -0.335 e. The summed E-state index contributed by atoms with van der Waals surface area (Å²) in [5.74, 6) is 0.0384. The van der Waals surface area contributed by atoms with E-state index in [0.29, 0.717) is 18.7 Å². The van der Waals surface area contributed by atoms with E-state index in [1.807, 2.05) is 31.2 Å². The van der Waals surface area contributed by atoms with Gasteiger partial charge in [-0.3, -0.25) is 9.78 Å². The Hall–Kier alpha value is -1.94. The number of nitrogens with two attached hydrogens (primary N) is 1. The number of hydrogen-bond donors (Lipinski definition) is 1. The molecule has 1 aromatic heterocycles. The molecule has 92 valence electrons. The van der Waals surface area contributed by atoms with Gasteiger partial charge < -0.3 is 10.6 Å². The third-order valence-corrected chi connectivity index (χ3v) is 3.27. The number of para-hydroxylation sites is 1. The molecule has 1 fully saturated rings. The first-order valence-electron chi connectivity index (χ1n) is 5.99. The maximum Gasteiger partial charge on any atom is 0.254 e. The molecule has 0 atom stereocenters. The fraction of sp³-hybridized carbons (Fsp3) is 0.286. The first-order valence-corrected chi connectivity index (χ1v) is 5.99.